The fourth-order valence-electron chi connectivity index (χ4n) is 8.09. The molecule has 2 unspecified atom stereocenters. The van der Waals surface area contributed by atoms with E-state index < -0.39 is 0 Å². The van der Waals surface area contributed by atoms with Crippen LogP contribution in [0.1, 0.15) is 70.3 Å². The van der Waals surface area contributed by atoms with E-state index in [0.717, 1.165) is 45.1 Å². The molecular formula is C25H35ClN2O. The van der Waals surface area contributed by atoms with Crippen LogP contribution < -0.4 is 10.6 Å². The molecule has 4 saturated carbocycles. The van der Waals surface area contributed by atoms with Crippen LogP contribution in [0.3, 0.4) is 0 Å². The summed E-state index contributed by atoms with van der Waals surface area (Å²) in [6.45, 7) is 3.23. The molecular weight excluding hydrogens is 380 g/mol. The third kappa shape index (κ3) is 3.43. The van der Waals surface area contributed by atoms with Crippen molar-refractivity contribution in [3.8, 4) is 0 Å². The zero-order valence-electron chi connectivity index (χ0n) is 17.7. The van der Waals surface area contributed by atoms with E-state index in [1.54, 1.807) is 0 Å². The van der Waals surface area contributed by atoms with Crippen LogP contribution >= 0.6 is 11.6 Å². The topological polar surface area (TPSA) is 41.1 Å². The molecule has 1 heterocycles. The number of carbonyl (C=O) groups excluding carboxylic acids is 1. The monoisotopic (exact) mass is 414 g/mol. The molecule has 0 spiro atoms. The zero-order chi connectivity index (χ0) is 20.1. The van der Waals surface area contributed by atoms with E-state index in [-0.39, 0.29) is 16.2 Å². The van der Waals surface area contributed by atoms with Crippen LogP contribution in [-0.4, -0.2) is 30.4 Å². The molecule has 1 aliphatic heterocycles. The van der Waals surface area contributed by atoms with Crippen LogP contribution in [-0.2, 0) is 10.2 Å². The van der Waals surface area contributed by atoms with E-state index in [0.29, 0.717) is 29.8 Å². The van der Waals surface area contributed by atoms with Gasteiger partial charge in [0.2, 0.25) is 5.91 Å². The van der Waals surface area contributed by atoms with Crippen LogP contribution in [0.25, 0.3) is 0 Å². The van der Waals surface area contributed by atoms with Crippen molar-refractivity contribution in [3.05, 3.63) is 35.9 Å². The van der Waals surface area contributed by atoms with Gasteiger partial charge in [-0.1, -0.05) is 30.3 Å². The van der Waals surface area contributed by atoms with E-state index in [1.165, 1.54) is 24.8 Å². The summed E-state index contributed by atoms with van der Waals surface area (Å²) in [4.78, 5) is 13.8. The number of piperidine rings is 1. The van der Waals surface area contributed by atoms with Crippen LogP contribution in [0.15, 0.2) is 30.3 Å². The van der Waals surface area contributed by atoms with Crippen molar-refractivity contribution in [1.29, 1.82) is 0 Å². The Labute approximate surface area is 180 Å². The Morgan fingerprint density at radius 3 is 2.76 bits per heavy atom. The number of rotatable bonds is 5. The minimum absolute atomic E-state index is 0.158. The molecule has 3 nitrogen and oxygen atoms in total. The lowest BCUT2D eigenvalue weighted by molar-refractivity contribution is -0.164. The molecule has 158 valence electrons. The smallest absolute Gasteiger partial charge is 0.226 e. The highest BCUT2D eigenvalue weighted by Gasteiger charge is 2.65. The molecule has 5 fully saturated rings. The lowest BCUT2D eigenvalue weighted by Crippen LogP contribution is -2.63. The number of nitrogens with one attached hydrogen (secondary N) is 2. The molecule has 2 N–H and O–H groups in total. The normalized spacial score (nSPS) is 43.3. The Kier molecular flexibility index (Phi) is 4.98. The van der Waals surface area contributed by atoms with E-state index in [9.17, 15) is 4.79 Å². The maximum Gasteiger partial charge on any atom is 0.226 e. The number of halogens is 1. The highest BCUT2D eigenvalue weighted by molar-refractivity contribution is 6.17. The van der Waals surface area contributed by atoms with Crippen LogP contribution in [0.5, 0.6) is 0 Å². The first kappa shape index (κ1) is 19.9. The fraction of sp³-hybridized carbons (Fsp3) is 0.720. The number of carbonyl (C=O) groups is 1. The summed E-state index contributed by atoms with van der Waals surface area (Å²) in [5, 5.41) is 7.03. The lowest BCUT2D eigenvalue weighted by atomic mass is 9.38. The van der Waals surface area contributed by atoms with Crippen LogP contribution in [0.4, 0.5) is 0 Å². The second kappa shape index (κ2) is 7.27. The van der Waals surface area contributed by atoms with Crippen LogP contribution in [0.2, 0.25) is 0 Å². The van der Waals surface area contributed by atoms with Gasteiger partial charge in [0, 0.05) is 18.0 Å². The molecule has 4 aliphatic carbocycles. The summed E-state index contributed by atoms with van der Waals surface area (Å²) in [6, 6.07) is 11.9. The Bertz CT molecular complexity index is 769. The van der Waals surface area contributed by atoms with Crippen molar-refractivity contribution >= 4 is 17.5 Å². The number of hydrogen-bond acceptors (Lipinski definition) is 2. The predicted molar refractivity (Wildman–Crippen MR) is 118 cm³/mol. The minimum atomic E-state index is -0.199. The molecule has 5 aliphatic rings. The summed E-state index contributed by atoms with van der Waals surface area (Å²) in [7, 11) is 0. The minimum Gasteiger partial charge on any atom is -0.353 e. The highest BCUT2D eigenvalue weighted by atomic mass is 35.5. The van der Waals surface area contributed by atoms with Gasteiger partial charge in [-0.3, -0.25) is 4.79 Å². The Balaban J connectivity index is 1.47. The predicted octanol–water partition coefficient (Wildman–Crippen LogP) is 4.78. The summed E-state index contributed by atoms with van der Waals surface area (Å²) in [5.74, 6) is 1.72. The molecule has 6 atom stereocenters. The molecule has 4 bridgehead atoms. The summed E-state index contributed by atoms with van der Waals surface area (Å²) in [6.07, 6.45) is 10.0. The molecule has 0 radical (unpaired) electrons. The van der Waals surface area contributed by atoms with Gasteiger partial charge in [0.05, 0.1) is 5.41 Å². The Morgan fingerprint density at radius 1 is 1.17 bits per heavy atom. The maximum atomic E-state index is 13.8. The van der Waals surface area contributed by atoms with E-state index in [4.69, 9.17) is 11.6 Å². The molecule has 1 amide bonds. The van der Waals surface area contributed by atoms with Crippen molar-refractivity contribution < 1.29 is 4.79 Å². The van der Waals surface area contributed by atoms with Gasteiger partial charge in [-0.2, -0.15) is 0 Å². The fourth-order valence-corrected chi connectivity index (χ4v) is 8.49. The zero-order valence-corrected chi connectivity index (χ0v) is 18.4. The van der Waals surface area contributed by atoms with Gasteiger partial charge in [-0.25, -0.2) is 0 Å². The highest BCUT2D eigenvalue weighted by Crippen LogP contribution is 2.71. The molecule has 29 heavy (non-hydrogen) atoms. The Hall–Kier alpha value is -1.06. The first-order valence-corrected chi connectivity index (χ1v) is 12.2. The SMILES string of the molecule is C[C@H]1C[C@@H](NC(=O)C23CC4C[C@@](CCCl)(C2)C[C@](c2ccccc2)(C4)C3)CCN1. The van der Waals surface area contributed by atoms with E-state index in [1.807, 2.05) is 0 Å². The van der Waals surface area contributed by atoms with Gasteiger partial charge < -0.3 is 10.6 Å². The first-order valence-electron chi connectivity index (χ1n) is 11.6. The van der Waals surface area contributed by atoms with E-state index in [2.05, 4.69) is 47.9 Å². The first-order chi connectivity index (χ1) is 14.0. The third-order valence-electron chi connectivity index (χ3n) is 8.64. The van der Waals surface area contributed by atoms with Crippen molar-refractivity contribution in [1.82, 2.24) is 10.6 Å². The van der Waals surface area contributed by atoms with Crippen LogP contribution in [0, 0.1) is 16.7 Å². The summed E-state index contributed by atoms with van der Waals surface area (Å²) >= 11 is 6.32. The van der Waals surface area contributed by atoms with Gasteiger partial charge in [0.1, 0.15) is 0 Å². The molecule has 1 aromatic carbocycles. The average Bonchev–Trinajstić information content (AvgIpc) is 2.68. The lowest BCUT2D eigenvalue weighted by Gasteiger charge is -2.66. The van der Waals surface area contributed by atoms with Crippen molar-refractivity contribution in [3.63, 3.8) is 0 Å². The second-order valence-electron chi connectivity index (χ2n) is 10.9. The number of benzene rings is 1. The van der Waals surface area contributed by atoms with Gasteiger partial charge in [-0.05, 0) is 93.6 Å². The largest absolute Gasteiger partial charge is 0.353 e. The number of amides is 1. The van der Waals surface area contributed by atoms with Crippen molar-refractivity contribution in [2.75, 3.05) is 12.4 Å². The van der Waals surface area contributed by atoms with E-state index >= 15 is 0 Å². The number of hydrogen-bond donors (Lipinski definition) is 2. The molecule has 6 rings (SSSR count). The summed E-state index contributed by atoms with van der Waals surface area (Å²) in [5.41, 5.74) is 1.66. The quantitative estimate of drug-likeness (QED) is 0.680. The van der Waals surface area contributed by atoms with Gasteiger partial charge in [0.25, 0.3) is 0 Å². The maximum absolute atomic E-state index is 13.8. The van der Waals surface area contributed by atoms with Crippen molar-refractivity contribution in [2.24, 2.45) is 16.7 Å². The molecule has 4 heteroatoms. The van der Waals surface area contributed by atoms with Gasteiger partial charge >= 0.3 is 0 Å². The third-order valence-corrected chi connectivity index (χ3v) is 8.82. The van der Waals surface area contributed by atoms with Gasteiger partial charge in [-0.15, -0.1) is 11.6 Å². The molecule has 0 aromatic heterocycles. The average molecular weight is 415 g/mol. The Morgan fingerprint density at radius 2 is 2.00 bits per heavy atom. The van der Waals surface area contributed by atoms with Gasteiger partial charge in [0.15, 0.2) is 0 Å². The number of alkyl halides is 1. The summed E-state index contributed by atoms with van der Waals surface area (Å²) < 4.78 is 0. The standard InChI is InChI=1S/C25H35ClN2O/c1-18-11-21(7-10-27-18)28-22(29)25-14-19-12-23(16-25,8-9-26)15-24(13-19,17-25)20-5-3-2-4-6-20/h2-6,18-19,21,27H,7-17H2,1H3,(H,28,29)/t18-,19?,21-,23+,24+,25?/m0/s1. The second-order valence-corrected chi connectivity index (χ2v) is 11.3. The molecule has 1 aromatic rings. The molecule has 1 saturated heterocycles. The van der Waals surface area contributed by atoms with Crippen molar-refractivity contribution in [2.45, 2.75) is 82.2 Å².